The van der Waals surface area contributed by atoms with Crippen LogP contribution < -0.4 is 5.73 Å². The SMILES string of the molecule is NC1CCC(C(=O)N2CCCC(c3ccn[nH]3)C2)C1. The maximum absolute atomic E-state index is 12.5. The lowest BCUT2D eigenvalue weighted by molar-refractivity contribution is -0.136. The fraction of sp³-hybridized carbons (Fsp3) is 0.714. The molecule has 2 heterocycles. The number of rotatable bonds is 2. The van der Waals surface area contributed by atoms with Crippen molar-refractivity contribution in [2.24, 2.45) is 11.7 Å². The summed E-state index contributed by atoms with van der Waals surface area (Å²) in [5, 5.41) is 7.04. The topological polar surface area (TPSA) is 75.0 Å². The third kappa shape index (κ3) is 2.66. The maximum atomic E-state index is 12.5. The van der Waals surface area contributed by atoms with Crippen molar-refractivity contribution in [3.05, 3.63) is 18.0 Å². The van der Waals surface area contributed by atoms with Gasteiger partial charge in [-0.25, -0.2) is 0 Å². The molecule has 5 nitrogen and oxygen atoms in total. The molecular formula is C14H22N4O. The lowest BCUT2D eigenvalue weighted by Gasteiger charge is -2.34. The molecule has 1 saturated carbocycles. The van der Waals surface area contributed by atoms with Crippen molar-refractivity contribution in [3.63, 3.8) is 0 Å². The number of carbonyl (C=O) groups excluding carboxylic acids is 1. The summed E-state index contributed by atoms with van der Waals surface area (Å²) < 4.78 is 0. The van der Waals surface area contributed by atoms with Gasteiger partial charge in [0.05, 0.1) is 0 Å². The summed E-state index contributed by atoms with van der Waals surface area (Å²) >= 11 is 0. The van der Waals surface area contributed by atoms with Crippen LogP contribution in [0.4, 0.5) is 0 Å². The third-order valence-corrected chi connectivity index (χ3v) is 4.52. The van der Waals surface area contributed by atoms with Crippen LogP contribution in [-0.4, -0.2) is 40.1 Å². The van der Waals surface area contributed by atoms with Gasteiger partial charge in [0.1, 0.15) is 0 Å². The Bertz CT molecular complexity index is 431. The van der Waals surface area contributed by atoms with Crippen LogP contribution in [0.3, 0.4) is 0 Å². The zero-order valence-corrected chi connectivity index (χ0v) is 11.2. The molecule has 1 aliphatic heterocycles. The molecular weight excluding hydrogens is 240 g/mol. The summed E-state index contributed by atoms with van der Waals surface area (Å²) in [6.45, 7) is 1.72. The molecule has 19 heavy (non-hydrogen) atoms. The van der Waals surface area contributed by atoms with Gasteiger partial charge < -0.3 is 10.6 Å². The van der Waals surface area contributed by atoms with E-state index in [0.717, 1.165) is 50.9 Å². The Morgan fingerprint density at radius 3 is 3.00 bits per heavy atom. The Balaban J connectivity index is 1.63. The first kappa shape index (κ1) is 12.7. The molecule has 0 aromatic carbocycles. The zero-order chi connectivity index (χ0) is 13.2. The van der Waals surface area contributed by atoms with Crippen molar-refractivity contribution in [2.75, 3.05) is 13.1 Å². The number of nitrogens with one attached hydrogen (secondary N) is 1. The Morgan fingerprint density at radius 1 is 1.42 bits per heavy atom. The number of likely N-dealkylation sites (tertiary alicyclic amines) is 1. The number of aromatic nitrogens is 2. The summed E-state index contributed by atoms with van der Waals surface area (Å²) in [4.78, 5) is 14.5. The summed E-state index contributed by atoms with van der Waals surface area (Å²) in [6.07, 6.45) is 6.82. The lowest BCUT2D eigenvalue weighted by atomic mass is 9.93. The van der Waals surface area contributed by atoms with Gasteiger partial charge in [-0.15, -0.1) is 0 Å². The van der Waals surface area contributed by atoms with Gasteiger partial charge in [0.25, 0.3) is 0 Å². The van der Waals surface area contributed by atoms with Crippen molar-refractivity contribution in [1.29, 1.82) is 0 Å². The van der Waals surface area contributed by atoms with Gasteiger partial charge >= 0.3 is 0 Å². The number of carbonyl (C=O) groups is 1. The van der Waals surface area contributed by atoms with E-state index >= 15 is 0 Å². The third-order valence-electron chi connectivity index (χ3n) is 4.52. The van der Waals surface area contributed by atoms with Crippen LogP contribution in [0.25, 0.3) is 0 Å². The Hall–Kier alpha value is -1.36. The van der Waals surface area contributed by atoms with Gasteiger partial charge in [0.2, 0.25) is 5.91 Å². The quantitative estimate of drug-likeness (QED) is 0.842. The van der Waals surface area contributed by atoms with E-state index in [1.54, 1.807) is 6.20 Å². The molecule has 0 spiro atoms. The van der Waals surface area contributed by atoms with E-state index in [0.29, 0.717) is 11.8 Å². The molecule has 3 rings (SSSR count). The highest BCUT2D eigenvalue weighted by Gasteiger charge is 2.33. The molecule has 1 aliphatic carbocycles. The van der Waals surface area contributed by atoms with Crippen LogP contribution in [-0.2, 0) is 4.79 Å². The van der Waals surface area contributed by atoms with Crippen molar-refractivity contribution in [1.82, 2.24) is 15.1 Å². The summed E-state index contributed by atoms with van der Waals surface area (Å²) in [7, 11) is 0. The highest BCUT2D eigenvalue weighted by atomic mass is 16.2. The minimum absolute atomic E-state index is 0.163. The number of nitrogens with two attached hydrogens (primary N) is 1. The average molecular weight is 262 g/mol. The second-order valence-electron chi connectivity index (χ2n) is 5.91. The molecule has 0 radical (unpaired) electrons. The van der Waals surface area contributed by atoms with Gasteiger partial charge in [0.15, 0.2) is 0 Å². The number of piperidine rings is 1. The van der Waals surface area contributed by atoms with E-state index in [1.165, 1.54) is 0 Å². The van der Waals surface area contributed by atoms with Gasteiger partial charge in [-0.2, -0.15) is 5.10 Å². The highest BCUT2D eigenvalue weighted by molar-refractivity contribution is 5.79. The van der Waals surface area contributed by atoms with Gasteiger partial charge in [-0.1, -0.05) is 0 Å². The van der Waals surface area contributed by atoms with E-state index in [-0.39, 0.29) is 12.0 Å². The largest absolute Gasteiger partial charge is 0.342 e. The van der Waals surface area contributed by atoms with Gasteiger partial charge in [0, 0.05) is 42.9 Å². The van der Waals surface area contributed by atoms with E-state index in [9.17, 15) is 4.79 Å². The molecule has 3 unspecified atom stereocenters. The first-order valence-electron chi connectivity index (χ1n) is 7.27. The minimum atomic E-state index is 0.163. The Labute approximate surface area is 113 Å². The van der Waals surface area contributed by atoms with Crippen LogP contribution in [0.15, 0.2) is 12.3 Å². The van der Waals surface area contributed by atoms with Gasteiger partial charge in [-0.3, -0.25) is 9.89 Å². The predicted molar refractivity (Wildman–Crippen MR) is 72.5 cm³/mol. The highest BCUT2D eigenvalue weighted by Crippen LogP contribution is 2.30. The van der Waals surface area contributed by atoms with Crippen molar-refractivity contribution >= 4 is 5.91 Å². The summed E-state index contributed by atoms with van der Waals surface area (Å²) in [6, 6.07) is 2.24. The monoisotopic (exact) mass is 262 g/mol. The van der Waals surface area contributed by atoms with Gasteiger partial charge in [-0.05, 0) is 38.2 Å². The molecule has 1 aromatic heterocycles. The first-order chi connectivity index (χ1) is 9.24. The Morgan fingerprint density at radius 2 is 2.32 bits per heavy atom. The van der Waals surface area contributed by atoms with Crippen molar-refractivity contribution < 1.29 is 4.79 Å². The summed E-state index contributed by atoms with van der Waals surface area (Å²) in [5.41, 5.74) is 7.07. The zero-order valence-electron chi connectivity index (χ0n) is 11.2. The fourth-order valence-corrected chi connectivity index (χ4v) is 3.42. The number of H-pyrrole nitrogens is 1. The lowest BCUT2D eigenvalue weighted by Crippen LogP contribution is -2.42. The molecule has 1 saturated heterocycles. The molecule has 3 atom stereocenters. The molecule has 5 heteroatoms. The van der Waals surface area contributed by atoms with Crippen LogP contribution >= 0.6 is 0 Å². The van der Waals surface area contributed by atoms with Crippen molar-refractivity contribution in [2.45, 2.75) is 44.1 Å². The average Bonchev–Trinajstić information content (AvgIpc) is 3.09. The molecule has 1 amide bonds. The fourth-order valence-electron chi connectivity index (χ4n) is 3.42. The van der Waals surface area contributed by atoms with E-state index in [1.807, 2.05) is 11.0 Å². The smallest absolute Gasteiger partial charge is 0.225 e. The van der Waals surface area contributed by atoms with E-state index in [2.05, 4.69) is 10.2 Å². The molecule has 3 N–H and O–H groups in total. The number of nitrogens with zero attached hydrogens (tertiary/aromatic N) is 2. The standard InChI is InChI=1S/C14H22N4O/c15-12-4-3-10(8-12)14(19)18-7-1-2-11(9-18)13-5-6-16-17-13/h5-6,10-12H,1-4,7-9,15H2,(H,16,17). The predicted octanol–water partition coefficient (Wildman–Crippen LogP) is 1.24. The maximum Gasteiger partial charge on any atom is 0.225 e. The Kier molecular flexibility index (Phi) is 3.55. The molecule has 104 valence electrons. The normalized spacial score (nSPS) is 31.6. The van der Waals surface area contributed by atoms with E-state index < -0.39 is 0 Å². The van der Waals surface area contributed by atoms with Crippen LogP contribution in [0.1, 0.15) is 43.7 Å². The molecule has 0 bridgehead atoms. The molecule has 1 aromatic rings. The van der Waals surface area contributed by atoms with Crippen molar-refractivity contribution in [3.8, 4) is 0 Å². The molecule has 2 fully saturated rings. The van der Waals surface area contributed by atoms with Crippen LogP contribution in [0, 0.1) is 5.92 Å². The first-order valence-corrected chi connectivity index (χ1v) is 7.27. The number of hydrogen-bond donors (Lipinski definition) is 2. The number of amides is 1. The second-order valence-corrected chi connectivity index (χ2v) is 5.91. The number of hydrogen-bond acceptors (Lipinski definition) is 3. The summed E-state index contributed by atoms with van der Waals surface area (Å²) in [5.74, 6) is 0.892. The van der Waals surface area contributed by atoms with Crippen LogP contribution in [0.5, 0.6) is 0 Å². The number of aromatic amines is 1. The van der Waals surface area contributed by atoms with Crippen LogP contribution in [0.2, 0.25) is 0 Å². The van der Waals surface area contributed by atoms with E-state index in [4.69, 9.17) is 5.73 Å². The molecule has 2 aliphatic rings. The second kappa shape index (κ2) is 5.33. The minimum Gasteiger partial charge on any atom is -0.342 e.